The van der Waals surface area contributed by atoms with E-state index in [4.69, 9.17) is 5.73 Å². The van der Waals surface area contributed by atoms with Gasteiger partial charge in [0.2, 0.25) is 0 Å². The molecule has 0 bridgehead atoms. The lowest BCUT2D eigenvalue weighted by atomic mass is 9.96. The van der Waals surface area contributed by atoms with Gasteiger partial charge in [-0.3, -0.25) is 0 Å². The molecule has 2 nitrogen and oxygen atoms in total. The molecule has 0 saturated heterocycles. The zero-order valence-corrected chi connectivity index (χ0v) is 9.33. The molecule has 3 heteroatoms. The monoisotopic (exact) mass is 210 g/mol. The van der Waals surface area contributed by atoms with Gasteiger partial charge in [0, 0.05) is 6.04 Å². The third-order valence-corrected chi connectivity index (χ3v) is 2.64. The molecular formula is C12H19FN2. The molecule has 15 heavy (non-hydrogen) atoms. The minimum Gasteiger partial charge on any atom is -0.330 e. The Kier molecular flexibility index (Phi) is 4.72. The van der Waals surface area contributed by atoms with E-state index < -0.39 is 0 Å². The highest BCUT2D eigenvalue weighted by Crippen LogP contribution is 2.21. The molecule has 0 aliphatic carbocycles. The third kappa shape index (κ3) is 3.61. The number of hydrogen-bond donors (Lipinski definition) is 2. The van der Waals surface area contributed by atoms with E-state index in [-0.39, 0.29) is 11.9 Å². The minimum atomic E-state index is -0.187. The van der Waals surface area contributed by atoms with Crippen molar-refractivity contribution in [1.29, 1.82) is 0 Å². The molecule has 0 aliphatic rings. The quantitative estimate of drug-likeness (QED) is 0.780. The van der Waals surface area contributed by atoms with Crippen molar-refractivity contribution in [2.45, 2.75) is 19.4 Å². The Labute approximate surface area is 90.7 Å². The first-order valence-electron chi connectivity index (χ1n) is 5.30. The van der Waals surface area contributed by atoms with Crippen LogP contribution in [0.3, 0.4) is 0 Å². The Balaban J connectivity index is 2.73. The van der Waals surface area contributed by atoms with E-state index in [1.165, 1.54) is 6.07 Å². The first-order valence-corrected chi connectivity index (χ1v) is 5.30. The van der Waals surface area contributed by atoms with E-state index >= 15 is 0 Å². The van der Waals surface area contributed by atoms with Gasteiger partial charge in [0.15, 0.2) is 0 Å². The Morgan fingerprint density at radius 1 is 1.47 bits per heavy atom. The largest absolute Gasteiger partial charge is 0.330 e. The second-order valence-electron chi connectivity index (χ2n) is 3.97. The Bertz CT molecular complexity index is 301. The lowest BCUT2D eigenvalue weighted by Crippen LogP contribution is -2.22. The van der Waals surface area contributed by atoms with E-state index in [9.17, 15) is 4.39 Å². The predicted octanol–water partition coefficient (Wildman–Crippen LogP) is 2.07. The molecule has 1 aromatic carbocycles. The number of rotatable bonds is 5. The molecule has 2 atom stereocenters. The van der Waals surface area contributed by atoms with Crippen molar-refractivity contribution < 1.29 is 4.39 Å². The van der Waals surface area contributed by atoms with Gasteiger partial charge < -0.3 is 11.1 Å². The lowest BCUT2D eigenvalue weighted by molar-refractivity contribution is 0.436. The van der Waals surface area contributed by atoms with E-state index in [1.54, 1.807) is 12.1 Å². The molecule has 0 aromatic heterocycles. The van der Waals surface area contributed by atoms with Gasteiger partial charge in [0.05, 0.1) is 0 Å². The minimum absolute atomic E-state index is 0.180. The molecule has 0 amide bonds. The average Bonchev–Trinajstić information content (AvgIpc) is 2.25. The first kappa shape index (κ1) is 12.1. The van der Waals surface area contributed by atoms with Crippen LogP contribution in [0.15, 0.2) is 24.3 Å². The van der Waals surface area contributed by atoms with Crippen molar-refractivity contribution in [3.8, 4) is 0 Å². The summed E-state index contributed by atoms with van der Waals surface area (Å²) in [6, 6.07) is 6.89. The van der Waals surface area contributed by atoms with Crippen molar-refractivity contribution in [1.82, 2.24) is 5.32 Å². The Hall–Kier alpha value is -0.930. The van der Waals surface area contributed by atoms with Crippen molar-refractivity contribution >= 4 is 0 Å². The van der Waals surface area contributed by atoms with Gasteiger partial charge in [0.25, 0.3) is 0 Å². The average molecular weight is 210 g/mol. The highest BCUT2D eigenvalue weighted by Gasteiger charge is 2.12. The molecule has 1 rings (SSSR count). The summed E-state index contributed by atoms with van der Waals surface area (Å²) >= 11 is 0. The van der Waals surface area contributed by atoms with E-state index in [1.807, 2.05) is 13.1 Å². The maximum Gasteiger partial charge on any atom is 0.123 e. The van der Waals surface area contributed by atoms with Gasteiger partial charge in [-0.05, 0) is 43.6 Å². The molecule has 0 aliphatic heterocycles. The third-order valence-electron chi connectivity index (χ3n) is 2.64. The maximum atomic E-state index is 13.0. The molecular weight excluding hydrogens is 191 g/mol. The van der Waals surface area contributed by atoms with Gasteiger partial charge in [-0.2, -0.15) is 0 Å². The summed E-state index contributed by atoms with van der Waals surface area (Å²) in [7, 11) is 1.89. The number of nitrogens with two attached hydrogens (primary N) is 1. The standard InChI is InChI=1S/C12H19FN2/c1-9(8-14)6-12(15-2)10-4-3-5-11(13)7-10/h3-5,7,9,12,15H,6,8,14H2,1-2H3. The molecule has 0 fully saturated rings. The summed E-state index contributed by atoms with van der Waals surface area (Å²) in [5.74, 6) is 0.249. The van der Waals surface area contributed by atoms with Gasteiger partial charge in [0.1, 0.15) is 5.82 Å². The van der Waals surface area contributed by atoms with Crippen LogP contribution in [-0.2, 0) is 0 Å². The van der Waals surface area contributed by atoms with E-state index in [0.717, 1.165) is 12.0 Å². The zero-order valence-electron chi connectivity index (χ0n) is 9.33. The highest BCUT2D eigenvalue weighted by atomic mass is 19.1. The van der Waals surface area contributed by atoms with Gasteiger partial charge in [-0.15, -0.1) is 0 Å². The molecule has 3 N–H and O–H groups in total. The zero-order chi connectivity index (χ0) is 11.3. The molecule has 2 unspecified atom stereocenters. The van der Waals surface area contributed by atoms with Crippen LogP contribution in [0.4, 0.5) is 4.39 Å². The highest BCUT2D eigenvalue weighted by molar-refractivity contribution is 5.20. The fourth-order valence-electron chi connectivity index (χ4n) is 1.64. The van der Waals surface area contributed by atoms with E-state index in [0.29, 0.717) is 12.5 Å². The van der Waals surface area contributed by atoms with Crippen molar-refractivity contribution in [3.63, 3.8) is 0 Å². The summed E-state index contributed by atoms with van der Waals surface area (Å²) in [4.78, 5) is 0. The Morgan fingerprint density at radius 2 is 2.20 bits per heavy atom. The fraction of sp³-hybridized carbons (Fsp3) is 0.500. The molecule has 0 spiro atoms. The van der Waals surface area contributed by atoms with Crippen LogP contribution < -0.4 is 11.1 Å². The normalized spacial score (nSPS) is 14.9. The summed E-state index contributed by atoms with van der Waals surface area (Å²) in [6.45, 7) is 2.76. The molecule has 0 heterocycles. The molecule has 0 radical (unpaired) electrons. The maximum absolute atomic E-state index is 13.0. The van der Waals surface area contributed by atoms with Crippen molar-refractivity contribution in [2.75, 3.05) is 13.6 Å². The SMILES string of the molecule is CNC(CC(C)CN)c1cccc(F)c1. The van der Waals surface area contributed by atoms with Gasteiger partial charge in [-0.25, -0.2) is 4.39 Å². The second kappa shape index (κ2) is 5.83. The summed E-state index contributed by atoms with van der Waals surface area (Å²) in [5, 5.41) is 3.19. The predicted molar refractivity (Wildman–Crippen MR) is 61.0 cm³/mol. The van der Waals surface area contributed by atoms with Gasteiger partial charge >= 0.3 is 0 Å². The van der Waals surface area contributed by atoms with Crippen LogP contribution in [0, 0.1) is 11.7 Å². The smallest absolute Gasteiger partial charge is 0.123 e. The van der Waals surface area contributed by atoms with Crippen molar-refractivity contribution in [2.24, 2.45) is 11.7 Å². The number of nitrogens with one attached hydrogen (secondary N) is 1. The van der Waals surface area contributed by atoms with Crippen LogP contribution in [0.25, 0.3) is 0 Å². The van der Waals surface area contributed by atoms with E-state index in [2.05, 4.69) is 12.2 Å². The van der Waals surface area contributed by atoms with Crippen molar-refractivity contribution in [3.05, 3.63) is 35.6 Å². The summed E-state index contributed by atoms with van der Waals surface area (Å²) in [6.07, 6.45) is 0.927. The lowest BCUT2D eigenvalue weighted by Gasteiger charge is -2.20. The second-order valence-corrected chi connectivity index (χ2v) is 3.97. The van der Waals surface area contributed by atoms with Crippen LogP contribution >= 0.6 is 0 Å². The molecule has 1 aromatic rings. The molecule has 0 saturated carbocycles. The van der Waals surface area contributed by atoms with Crippen LogP contribution in [0.1, 0.15) is 24.9 Å². The number of benzene rings is 1. The summed E-state index contributed by atoms with van der Waals surface area (Å²) in [5.41, 5.74) is 6.57. The summed E-state index contributed by atoms with van der Waals surface area (Å²) < 4.78 is 13.0. The number of halogens is 1. The van der Waals surface area contributed by atoms with Crippen LogP contribution in [0.2, 0.25) is 0 Å². The van der Waals surface area contributed by atoms with Crippen LogP contribution in [0.5, 0.6) is 0 Å². The first-order chi connectivity index (χ1) is 7.17. The fourth-order valence-corrected chi connectivity index (χ4v) is 1.64. The van der Waals surface area contributed by atoms with Crippen LogP contribution in [-0.4, -0.2) is 13.6 Å². The molecule has 84 valence electrons. The number of hydrogen-bond acceptors (Lipinski definition) is 2. The Morgan fingerprint density at radius 3 is 2.73 bits per heavy atom. The van der Waals surface area contributed by atoms with Gasteiger partial charge in [-0.1, -0.05) is 19.1 Å². The topological polar surface area (TPSA) is 38.0 Å².